The zero-order valence-corrected chi connectivity index (χ0v) is 9.47. The molecule has 1 N–H and O–H groups in total. The van der Waals surface area contributed by atoms with Gasteiger partial charge in [0.15, 0.2) is 9.84 Å². The molecule has 1 aliphatic rings. The highest BCUT2D eigenvalue weighted by atomic mass is 127. The lowest BCUT2D eigenvalue weighted by molar-refractivity contribution is -0.000598. The molecular weight excluding hydrogens is 295 g/mol. The molecule has 72 valence electrons. The second-order valence-electron chi connectivity index (χ2n) is 3.13. The highest BCUT2D eigenvalue weighted by Crippen LogP contribution is 2.24. The number of aliphatic hydroxyl groups is 1. The molecule has 1 fully saturated rings. The van der Waals surface area contributed by atoms with E-state index in [1.165, 1.54) is 0 Å². The predicted octanol–water partition coefficient (Wildman–Crippen LogP) is 0.293. The van der Waals surface area contributed by atoms with Crippen molar-refractivity contribution < 1.29 is 16.6 Å². The van der Waals surface area contributed by atoms with Crippen LogP contribution in [0.3, 0.4) is 0 Å². The Morgan fingerprint density at radius 2 is 1.92 bits per heavy atom. The van der Waals surface area contributed by atoms with Gasteiger partial charge in [0.2, 0.25) is 0 Å². The van der Waals surface area contributed by atoms with Crippen molar-refractivity contribution in [2.24, 2.45) is 0 Å². The summed E-state index contributed by atoms with van der Waals surface area (Å²) in [6.07, 6.45) is 0.580. The van der Waals surface area contributed by atoms with Gasteiger partial charge in [-0.1, -0.05) is 0 Å². The van der Waals surface area contributed by atoms with Gasteiger partial charge >= 0.3 is 0 Å². The zero-order chi connectivity index (χ0) is 9.24. The SMILES string of the molecule is O=S1(=O)CCC(O)(COI)CC1. The average Bonchev–Trinajstić information content (AvgIpc) is 1.98. The summed E-state index contributed by atoms with van der Waals surface area (Å²) in [5, 5.41) is 9.71. The van der Waals surface area contributed by atoms with Crippen molar-refractivity contribution in [3.05, 3.63) is 0 Å². The van der Waals surface area contributed by atoms with Crippen molar-refractivity contribution in [1.29, 1.82) is 0 Å². The summed E-state index contributed by atoms with van der Waals surface area (Å²) in [6.45, 7) is 0.211. The van der Waals surface area contributed by atoms with E-state index in [4.69, 9.17) is 3.07 Å². The molecular formula is C6H11IO4S. The third-order valence-corrected chi connectivity index (χ3v) is 4.04. The molecule has 6 heteroatoms. The largest absolute Gasteiger partial charge is 0.387 e. The molecule has 1 saturated heterocycles. The van der Waals surface area contributed by atoms with Crippen LogP contribution in [0.15, 0.2) is 0 Å². The van der Waals surface area contributed by atoms with E-state index >= 15 is 0 Å². The number of hydrogen-bond acceptors (Lipinski definition) is 4. The topological polar surface area (TPSA) is 63.6 Å². The van der Waals surface area contributed by atoms with Gasteiger partial charge in [0.05, 0.1) is 23.7 Å². The lowest BCUT2D eigenvalue weighted by atomic mass is 9.98. The maximum Gasteiger partial charge on any atom is 0.150 e. The summed E-state index contributed by atoms with van der Waals surface area (Å²) < 4.78 is 26.8. The Balaban J connectivity index is 2.55. The standard InChI is InChI=1S/C6H11IO4S/c7-11-5-6(8)1-3-12(9,10)4-2-6/h8H,1-5H2. The number of hydrogen-bond donors (Lipinski definition) is 1. The molecule has 12 heavy (non-hydrogen) atoms. The normalized spacial score (nSPS) is 26.8. The van der Waals surface area contributed by atoms with Gasteiger partial charge in [0.25, 0.3) is 0 Å². The van der Waals surface area contributed by atoms with E-state index in [0.29, 0.717) is 12.8 Å². The Morgan fingerprint density at radius 1 is 1.42 bits per heavy atom. The van der Waals surface area contributed by atoms with Crippen molar-refractivity contribution in [1.82, 2.24) is 0 Å². The van der Waals surface area contributed by atoms with Crippen LogP contribution in [0.2, 0.25) is 0 Å². The van der Waals surface area contributed by atoms with E-state index in [9.17, 15) is 13.5 Å². The van der Waals surface area contributed by atoms with Crippen LogP contribution in [0.4, 0.5) is 0 Å². The van der Waals surface area contributed by atoms with Gasteiger partial charge in [-0.3, -0.25) is 0 Å². The van der Waals surface area contributed by atoms with E-state index in [0.717, 1.165) is 0 Å². The maximum absolute atomic E-state index is 11.0. The van der Waals surface area contributed by atoms with Crippen molar-refractivity contribution in [3.8, 4) is 0 Å². The van der Waals surface area contributed by atoms with Gasteiger partial charge in [-0.05, 0) is 12.8 Å². The summed E-state index contributed by atoms with van der Waals surface area (Å²) in [6, 6.07) is 0. The smallest absolute Gasteiger partial charge is 0.150 e. The van der Waals surface area contributed by atoms with Crippen LogP contribution < -0.4 is 0 Å². The highest BCUT2D eigenvalue weighted by molar-refractivity contribution is 14.1. The summed E-state index contributed by atoms with van der Waals surface area (Å²) in [7, 11) is -2.89. The van der Waals surface area contributed by atoms with Crippen molar-refractivity contribution in [2.75, 3.05) is 18.1 Å². The van der Waals surface area contributed by atoms with Gasteiger partial charge in [-0.2, -0.15) is 0 Å². The Morgan fingerprint density at radius 3 is 2.33 bits per heavy atom. The van der Waals surface area contributed by atoms with Crippen LogP contribution in [-0.2, 0) is 12.9 Å². The molecule has 0 spiro atoms. The predicted molar refractivity (Wildman–Crippen MR) is 52.8 cm³/mol. The second kappa shape index (κ2) is 3.77. The Labute approximate surface area is 85.9 Å². The van der Waals surface area contributed by atoms with Crippen molar-refractivity contribution in [3.63, 3.8) is 0 Å². The fourth-order valence-corrected chi connectivity index (χ4v) is 3.33. The molecule has 0 atom stereocenters. The van der Waals surface area contributed by atoms with Gasteiger partial charge < -0.3 is 8.17 Å². The van der Waals surface area contributed by atoms with Gasteiger partial charge in [-0.15, -0.1) is 0 Å². The number of halogens is 1. The summed E-state index contributed by atoms with van der Waals surface area (Å²) >= 11 is 1.70. The summed E-state index contributed by atoms with van der Waals surface area (Å²) in [5.41, 5.74) is -0.924. The minimum absolute atomic E-state index is 0.0729. The Bertz CT molecular complexity index is 234. The lowest BCUT2D eigenvalue weighted by Crippen LogP contribution is -2.42. The molecule has 0 radical (unpaired) electrons. The van der Waals surface area contributed by atoms with Crippen molar-refractivity contribution in [2.45, 2.75) is 18.4 Å². The molecule has 0 saturated carbocycles. The number of rotatable bonds is 2. The quantitative estimate of drug-likeness (QED) is 0.745. The average molecular weight is 306 g/mol. The Kier molecular flexibility index (Phi) is 3.35. The summed E-state index contributed by atoms with van der Waals surface area (Å²) in [5.74, 6) is 0.146. The molecule has 0 bridgehead atoms. The number of sulfone groups is 1. The first-order chi connectivity index (χ1) is 5.47. The molecule has 0 unspecified atom stereocenters. The molecule has 1 rings (SSSR count). The van der Waals surface area contributed by atoms with Crippen LogP contribution in [0, 0.1) is 0 Å². The molecule has 0 aromatic heterocycles. The molecule has 0 aliphatic carbocycles. The van der Waals surface area contributed by atoms with E-state index in [1.807, 2.05) is 0 Å². The fourth-order valence-electron chi connectivity index (χ4n) is 1.16. The highest BCUT2D eigenvalue weighted by Gasteiger charge is 2.35. The van der Waals surface area contributed by atoms with Crippen LogP contribution in [-0.4, -0.2) is 37.2 Å². The second-order valence-corrected chi connectivity index (χ2v) is 6.06. The first-order valence-electron chi connectivity index (χ1n) is 3.64. The Hall–Kier alpha value is 0.600. The molecule has 0 amide bonds. The van der Waals surface area contributed by atoms with E-state index in [-0.39, 0.29) is 18.1 Å². The zero-order valence-electron chi connectivity index (χ0n) is 6.49. The van der Waals surface area contributed by atoms with E-state index in [1.54, 1.807) is 23.0 Å². The molecule has 1 aliphatic heterocycles. The maximum atomic E-state index is 11.0. The lowest BCUT2D eigenvalue weighted by Gasteiger charge is -2.30. The first-order valence-corrected chi connectivity index (χ1v) is 6.34. The van der Waals surface area contributed by atoms with E-state index in [2.05, 4.69) is 0 Å². The minimum Gasteiger partial charge on any atom is -0.387 e. The van der Waals surface area contributed by atoms with E-state index < -0.39 is 15.4 Å². The fraction of sp³-hybridized carbons (Fsp3) is 1.00. The van der Waals surface area contributed by atoms with Gasteiger partial charge in [-0.25, -0.2) is 8.42 Å². The van der Waals surface area contributed by atoms with Gasteiger partial charge in [0.1, 0.15) is 23.0 Å². The molecule has 1 heterocycles. The van der Waals surface area contributed by atoms with Crippen molar-refractivity contribution >= 4 is 32.8 Å². The van der Waals surface area contributed by atoms with Crippen LogP contribution >= 0.6 is 23.0 Å². The third kappa shape index (κ3) is 2.82. The van der Waals surface area contributed by atoms with Gasteiger partial charge in [0, 0.05) is 0 Å². The third-order valence-electron chi connectivity index (χ3n) is 2.08. The first kappa shape index (κ1) is 10.7. The monoisotopic (exact) mass is 306 g/mol. The molecule has 0 aromatic rings. The van der Waals surface area contributed by atoms with Crippen LogP contribution in [0.25, 0.3) is 0 Å². The summed E-state index contributed by atoms with van der Waals surface area (Å²) in [4.78, 5) is 0. The minimum atomic E-state index is -2.89. The van der Waals surface area contributed by atoms with Crippen LogP contribution in [0.5, 0.6) is 0 Å². The van der Waals surface area contributed by atoms with Crippen LogP contribution in [0.1, 0.15) is 12.8 Å². The molecule has 0 aromatic carbocycles. The molecule has 4 nitrogen and oxygen atoms in total.